The minimum absolute atomic E-state index is 0.697. The highest BCUT2D eigenvalue weighted by atomic mass is 16.5. The topological polar surface area (TPSA) is 60.2 Å². The standard InChI is InChI=1S/C13H17N3O/c1-2-17-9-8-15-12-6-5-11(14)13-10(12)4-3-7-16-13/h3-7,15H,2,8-9,14H2,1H3. The summed E-state index contributed by atoms with van der Waals surface area (Å²) < 4.78 is 5.29. The van der Waals surface area contributed by atoms with E-state index in [2.05, 4.69) is 10.3 Å². The van der Waals surface area contributed by atoms with Crippen molar-refractivity contribution in [1.82, 2.24) is 4.98 Å². The Kier molecular flexibility index (Phi) is 3.77. The lowest BCUT2D eigenvalue weighted by atomic mass is 10.1. The van der Waals surface area contributed by atoms with Gasteiger partial charge in [-0.05, 0) is 31.2 Å². The van der Waals surface area contributed by atoms with Crippen LogP contribution in [0.3, 0.4) is 0 Å². The molecular weight excluding hydrogens is 214 g/mol. The Balaban J connectivity index is 2.20. The number of nitrogen functional groups attached to an aromatic ring is 1. The maximum atomic E-state index is 5.89. The van der Waals surface area contributed by atoms with Crippen LogP contribution in [0.25, 0.3) is 10.9 Å². The van der Waals surface area contributed by atoms with Gasteiger partial charge in [-0.15, -0.1) is 0 Å². The number of anilines is 2. The summed E-state index contributed by atoms with van der Waals surface area (Å²) in [7, 11) is 0. The minimum Gasteiger partial charge on any atom is -0.397 e. The Hall–Kier alpha value is -1.81. The molecule has 2 rings (SSSR count). The van der Waals surface area contributed by atoms with Gasteiger partial charge in [0, 0.05) is 30.4 Å². The third-order valence-electron chi connectivity index (χ3n) is 2.57. The zero-order valence-corrected chi connectivity index (χ0v) is 9.94. The van der Waals surface area contributed by atoms with Crippen LogP contribution in [0.2, 0.25) is 0 Å². The average molecular weight is 231 g/mol. The molecule has 1 aromatic carbocycles. The number of hydrogen-bond acceptors (Lipinski definition) is 4. The van der Waals surface area contributed by atoms with Gasteiger partial charge in [0.05, 0.1) is 17.8 Å². The molecular formula is C13H17N3O. The molecule has 0 unspecified atom stereocenters. The van der Waals surface area contributed by atoms with Gasteiger partial charge in [0.1, 0.15) is 0 Å². The predicted octanol–water partition coefficient (Wildman–Crippen LogP) is 2.27. The van der Waals surface area contributed by atoms with Gasteiger partial charge in [0.15, 0.2) is 0 Å². The zero-order chi connectivity index (χ0) is 12.1. The van der Waals surface area contributed by atoms with Gasteiger partial charge in [-0.1, -0.05) is 0 Å². The number of benzene rings is 1. The van der Waals surface area contributed by atoms with Crippen LogP contribution in [-0.4, -0.2) is 24.7 Å². The number of fused-ring (bicyclic) bond motifs is 1. The van der Waals surface area contributed by atoms with E-state index in [1.54, 1.807) is 6.20 Å². The number of nitrogens with one attached hydrogen (secondary N) is 1. The van der Waals surface area contributed by atoms with Gasteiger partial charge in [-0.25, -0.2) is 0 Å². The average Bonchev–Trinajstić information content (AvgIpc) is 2.37. The summed E-state index contributed by atoms with van der Waals surface area (Å²) in [6.07, 6.45) is 1.75. The molecule has 1 aromatic heterocycles. The van der Waals surface area contributed by atoms with Crippen LogP contribution in [0.4, 0.5) is 11.4 Å². The highest BCUT2D eigenvalue weighted by molar-refractivity contribution is 5.98. The molecule has 0 aliphatic heterocycles. The van der Waals surface area contributed by atoms with E-state index in [1.807, 2.05) is 31.2 Å². The van der Waals surface area contributed by atoms with Crippen LogP contribution in [0.5, 0.6) is 0 Å². The number of hydrogen-bond donors (Lipinski definition) is 2. The molecule has 1 heterocycles. The van der Waals surface area contributed by atoms with Crippen molar-refractivity contribution in [3.8, 4) is 0 Å². The molecule has 0 fully saturated rings. The van der Waals surface area contributed by atoms with Gasteiger partial charge in [-0.2, -0.15) is 0 Å². The molecule has 4 nitrogen and oxygen atoms in total. The number of nitrogens with zero attached hydrogens (tertiary/aromatic N) is 1. The van der Waals surface area contributed by atoms with Crippen LogP contribution in [0.15, 0.2) is 30.5 Å². The van der Waals surface area contributed by atoms with Crippen molar-refractivity contribution in [2.75, 3.05) is 30.8 Å². The van der Waals surface area contributed by atoms with Crippen molar-refractivity contribution < 1.29 is 4.74 Å². The molecule has 17 heavy (non-hydrogen) atoms. The lowest BCUT2D eigenvalue weighted by molar-refractivity contribution is 0.158. The Labute approximate surface area is 101 Å². The Morgan fingerprint density at radius 2 is 2.24 bits per heavy atom. The van der Waals surface area contributed by atoms with Gasteiger partial charge in [-0.3, -0.25) is 4.98 Å². The van der Waals surface area contributed by atoms with Crippen molar-refractivity contribution in [3.63, 3.8) is 0 Å². The van der Waals surface area contributed by atoms with E-state index in [0.717, 1.165) is 29.7 Å². The quantitative estimate of drug-likeness (QED) is 0.612. The molecule has 3 N–H and O–H groups in total. The third kappa shape index (κ3) is 2.65. The van der Waals surface area contributed by atoms with E-state index < -0.39 is 0 Å². The monoisotopic (exact) mass is 231 g/mol. The zero-order valence-electron chi connectivity index (χ0n) is 9.94. The van der Waals surface area contributed by atoms with Crippen molar-refractivity contribution in [1.29, 1.82) is 0 Å². The van der Waals surface area contributed by atoms with Gasteiger partial charge >= 0.3 is 0 Å². The van der Waals surface area contributed by atoms with Crippen LogP contribution in [0.1, 0.15) is 6.92 Å². The predicted molar refractivity (Wildman–Crippen MR) is 71.1 cm³/mol. The summed E-state index contributed by atoms with van der Waals surface area (Å²) in [6, 6.07) is 7.78. The van der Waals surface area contributed by atoms with Crippen LogP contribution < -0.4 is 11.1 Å². The van der Waals surface area contributed by atoms with E-state index in [-0.39, 0.29) is 0 Å². The Morgan fingerprint density at radius 1 is 1.35 bits per heavy atom. The lowest BCUT2D eigenvalue weighted by Crippen LogP contribution is -2.09. The van der Waals surface area contributed by atoms with E-state index >= 15 is 0 Å². The van der Waals surface area contributed by atoms with Crippen molar-refractivity contribution in [3.05, 3.63) is 30.5 Å². The normalized spacial score (nSPS) is 10.6. The molecule has 0 saturated carbocycles. The summed E-state index contributed by atoms with van der Waals surface area (Å²) >= 11 is 0. The molecule has 0 aliphatic carbocycles. The second kappa shape index (κ2) is 5.50. The van der Waals surface area contributed by atoms with Crippen molar-refractivity contribution >= 4 is 22.3 Å². The maximum Gasteiger partial charge on any atom is 0.0951 e. The van der Waals surface area contributed by atoms with Crippen LogP contribution >= 0.6 is 0 Å². The fourth-order valence-electron chi connectivity index (χ4n) is 1.75. The smallest absolute Gasteiger partial charge is 0.0951 e. The first-order valence-electron chi connectivity index (χ1n) is 5.77. The number of ether oxygens (including phenoxy) is 1. The Morgan fingerprint density at radius 3 is 3.06 bits per heavy atom. The van der Waals surface area contributed by atoms with Gasteiger partial charge in [0.25, 0.3) is 0 Å². The molecule has 90 valence electrons. The van der Waals surface area contributed by atoms with Crippen LogP contribution in [0, 0.1) is 0 Å². The molecule has 0 saturated heterocycles. The molecule has 2 aromatic rings. The molecule has 0 spiro atoms. The van der Waals surface area contributed by atoms with Crippen LogP contribution in [-0.2, 0) is 4.74 Å². The summed E-state index contributed by atoms with van der Waals surface area (Å²) in [4.78, 5) is 4.29. The summed E-state index contributed by atoms with van der Waals surface area (Å²) in [5.41, 5.74) is 8.48. The summed E-state index contributed by atoms with van der Waals surface area (Å²) in [5, 5.41) is 4.37. The van der Waals surface area contributed by atoms with Crippen molar-refractivity contribution in [2.24, 2.45) is 0 Å². The first-order valence-corrected chi connectivity index (χ1v) is 5.77. The van der Waals surface area contributed by atoms with E-state index in [9.17, 15) is 0 Å². The SMILES string of the molecule is CCOCCNc1ccc(N)c2ncccc12. The number of nitrogens with two attached hydrogens (primary N) is 1. The molecule has 0 radical (unpaired) electrons. The second-order valence-electron chi connectivity index (χ2n) is 3.73. The first kappa shape index (κ1) is 11.7. The molecule has 4 heteroatoms. The van der Waals surface area contributed by atoms with Gasteiger partial charge in [0.2, 0.25) is 0 Å². The van der Waals surface area contributed by atoms with Gasteiger partial charge < -0.3 is 15.8 Å². The third-order valence-corrected chi connectivity index (χ3v) is 2.57. The summed E-state index contributed by atoms with van der Waals surface area (Å²) in [5.74, 6) is 0. The van der Waals surface area contributed by atoms with E-state index in [1.165, 1.54) is 0 Å². The number of pyridine rings is 1. The first-order chi connectivity index (χ1) is 8.33. The number of aromatic nitrogens is 1. The minimum atomic E-state index is 0.697. The molecule has 0 bridgehead atoms. The maximum absolute atomic E-state index is 5.89. The highest BCUT2D eigenvalue weighted by Gasteiger charge is 2.03. The molecule has 0 amide bonds. The van der Waals surface area contributed by atoms with Crippen molar-refractivity contribution in [2.45, 2.75) is 6.92 Å². The highest BCUT2D eigenvalue weighted by Crippen LogP contribution is 2.25. The van der Waals surface area contributed by atoms with E-state index in [0.29, 0.717) is 12.3 Å². The molecule has 0 aliphatic rings. The van der Waals surface area contributed by atoms with E-state index in [4.69, 9.17) is 10.5 Å². The lowest BCUT2D eigenvalue weighted by Gasteiger charge is -2.10. The Bertz CT molecular complexity index is 499. The second-order valence-corrected chi connectivity index (χ2v) is 3.73. The summed E-state index contributed by atoms with van der Waals surface area (Å²) in [6.45, 7) is 4.21. The fourth-order valence-corrected chi connectivity index (χ4v) is 1.75. The molecule has 0 atom stereocenters. The largest absolute Gasteiger partial charge is 0.397 e. The fraction of sp³-hybridized carbons (Fsp3) is 0.308. The number of rotatable bonds is 5.